The summed E-state index contributed by atoms with van der Waals surface area (Å²) in [6.07, 6.45) is 4.45. The van der Waals surface area contributed by atoms with Gasteiger partial charge in [-0.2, -0.15) is 9.78 Å². The van der Waals surface area contributed by atoms with Gasteiger partial charge in [-0.15, -0.1) is 0 Å². The van der Waals surface area contributed by atoms with Gasteiger partial charge in [0.2, 0.25) is 5.95 Å². The van der Waals surface area contributed by atoms with E-state index in [9.17, 15) is 0 Å². The van der Waals surface area contributed by atoms with Crippen molar-refractivity contribution in [2.45, 2.75) is 25.7 Å². The fourth-order valence-corrected chi connectivity index (χ4v) is 2.78. The number of nitrogens with zero attached hydrogens (tertiary/aromatic N) is 3. The van der Waals surface area contributed by atoms with Gasteiger partial charge in [-0.3, -0.25) is 0 Å². The van der Waals surface area contributed by atoms with Crippen LogP contribution in [0.2, 0.25) is 0 Å². The maximum Gasteiger partial charge on any atom is 0.231 e. The summed E-state index contributed by atoms with van der Waals surface area (Å²) in [5, 5.41) is 4.61. The maximum atomic E-state index is 6.22. The van der Waals surface area contributed by atoms with Gasteiger partial charge in [0.15, 0.2) is 0 Å². The third kappa shape index (κ3) is 1.54. The number of para-hydroxylation sites is 2. The molecule has 0 radical (unpaired) electrons. The minimum absolute atomic E-state index is 0.702. The molecule has 1 aliphatic carbocycles. The molecule has 0 fully saturated rings. The predicted octanol–water partition coefficient (Wildman–Crippen LogP) is 2.21. The third-order valence-corrected chi connectivity index (χ3v) is 3.77. The lowest BCUT2D eigenvalue weighted by molar-refractivity contribution is 0.670. The number of benzene rings is 1. The average Bonchev–Trinajstić information content (AvgIpc) is 3.00. The molecule has 1 aliphatic rings. The van der Waals surface area contributed by atoms with Crippen LogP contribution < -0.4 is 5.73 Å². The second kappa shape index (κ2) is 3.85. The summed E-state index contributed by atoms with van der Waals surface area (Å²) in [7, 11) is 0. The molecule has 3 N–H and O–H groups in total. The SMILES string of the molecule is Nc1c2c(nn1-c1nc3ccccc3[nH]1)CCCC2. The lowest BCUT2D eigenvalue weighted by Gasteiger charge is -2.08. The zero-order valence-electron chi connectivity index (χ0n) is 10.6. The van der Waals surface area contributed by atoms with Crippen LogP contribution in [-0.2, 0) is 12.8 Å². The number of nitrogen functional groups attached to an aromatic ring is 1. The summed E-state index contributed by atoms with van der Waals surface area (Å²) >= 11 is 0. The highest BCUT2D eigenvalue weighted by atomic mass is 15.4. The van der Waals surface area contributed by atoms with E-state index in [1.54, 1.807) is 4.68 Å². The molecule has 0 unspecified atom stereocenters. The fraction of sp³-hybridized carbons (Fsp3) is 0.286. The minimum Gasteiger partial charge on any atom is -0.383 e. The first kappa shape index (κ1) is 10.6. The Bertz CT molecular complexity index is 719. The highest BCUT2D eigenvalue weighted by Crippen LogP contribution is 2.27. The number of fused-ring (bicyclic) bond motifs is 2. The summed E-state index contributed by atoms with van der Waals surface area (Å²) in [4.78, 5) is 7.82. The van der Waals surface area contributed by atoms with Gasteiger partial charge in [0.05, 0.1) is 16.7 Å². The number of anilines is 1. The first-order chi connectivity index (χ1) is 9.33. The zero-order valence-corrected chi connectivity index (χ0v) is 10.6. The summed E-state index contributed by atoms with van der Waals surface area (Å²) < 4.78 is 1.75. The van der Waals surface area contributed by atoms with Crippen molar-refractivity contribution in [3.63, 3.8) is 0 Å². The van der Waals surface area contributed by atoms with Crippen molar-refractivity contribution >= 4 is 16.9 Å². The average molecular weight is 253 g/mol. The van der Waals surface area contributed by atoms with Gasteiger partial charge in [-0.05, 0) is 37.8 Å². The summed E-state index contributed by atoms with van der Waals surface area (Å²) in [5.74, 6) is 1.43. The third-order valence-electron chi connectivity index (χ3n) is 3.77. The number of H-pyrrole nitrogens is 1. The van der Waals surface area contributed by atoms with Gasteiger partial charge >= 0.3 is 0 Å². The molecule has 5 heteroatoms. The molecule has 5 nitrogen and oxygen atoms in total. The van der Waals surface area contributed by atoms with Crippen LogP contribution in [0.1, 0.15) is 24.1 Å². The largest absolute Gasteiger partial charge is 0.383 e. The van der Waals surface area contributed by atoms with Gasteiger partial charge in [0.25, 0.3) is 0 Å². The second-order valence-electron chi connectivity index (χ2n) is 5.01. The van der Waals surface area contributed by atoms with E-state index in [4.69, 9.17) is 5.73 Å². The van der Waals surface area contributed by atoms with Gasteiger partial charge in [-0.25, -0.2) is 4.98 Å². The van der Waals surface area contributed by atoms with E-state index >= 15 is 0 Å². The van der Waals surface area contributed by atoms with Crippen LogP contribution in [0.3, 0.4) is 0 Å². The monoisotopic (exact) mass is 253 g/mol. The molecule has 4 rings (SSSR count). The van der Waals surface area contributed by atoms with Crippen molar-refractivity contribution in [2.75, 3.05) is 5.73 Å². The Labute approximate surface area is 110 Å². The van der Waals surface area contributed by atoms with Crippen molar-refractivity contribution < 1.29 is 0 Å². The Hall–Kier alpha value is -2.30. The molecular formula is C14H15N5. The number of nitrogens with two attached hydrogens (primary N) is 1. The summed E-state index contributed by atoms with van der Waals surface area (Å²) in [6.45, 7) is 0. The number of imidazole rings is 1. The molecule has 19 heavy (non-hydrogen) atoms. The van der Waals surface area contributed by atoms with Gasteiger partial charge in [-0.1, -0.05) is 12.1 Å². The van der Waals surface area contributed by atoms with Crippen LogP contribution in [0.15, 0.2) is 24.3 Å². The number of hydrogen-bond acceptors (Lipinski definition) is 3. The molecular weight excluding hydrogens is 238 g/mol. The highest BCUT2D eigenvalue weighted by Gasteiger charge is 2.20. The van der Waals surface area contributed by atoms with E-state index in [1.807, 2.05) is 24.3 Å². The molecule has 96 valence electrons. The molecule has 0 atom stereocenters. The van der Waals surface area contributed by atoms with E-state index in [1.165, 1.54) is 18.4 Å². The lowest BCUT2D eigenvalue weighted by atomic mass is 9.98. The van der Waals surface area contributed by atoms with E-state index < -0.39 is 0 Å². The van der Waals surface area contributed by atoms with Gasteiger partial charge in [0, 0.05) is 5.56 Å². The van der Waals surface area contributed by atoms with E-state index in [0.29, 0.717) is 5.95 Å². The number of aromatic amines is 1. The zero-order chi connectivity index (χ0) is 12.8. The number of rotatable bonds is 1. The summed E-state index contributed by atoms with van der Waals surface area (Å²) in [6, 6.07) is 7.95. The number of aryl methyl sites for hydroxylation is 1. The number of nitrogens with one attached hydrogen (secondary N) is 1. The summed E-state index contributed by atoms with van der Waals surface area (Å²) in [5.41, 5.74) is 10.5. The number of aromatic nitrogens is 4. The molecule has 0 saturated carbocycles. The van der Waals surface area contributed by atoms with Crippen molar-refractivity contribution in [1.82, 2.24) is 19.7 Å². The van der Waals surface area contributed by atoms with Crippen LogP contribution in [0.4, 0.5) is 5.82 Å². The lowest BCUT2D eigenvalue weighted by Crippen LogP contribution is -2.04. The van der Waals surface area contributed by atoms with Gasteiger partial charge < -0.3 is 10.7 Å². The van der Waals surface area contributed by atoms with Crippen molar-refractivity contribution in [2.24, 2.45) is 0 Å². The van der Waals surface area contributed by atoms with Crippen LogP contribution in [0, 0.1) is 0 Å². The molecule has 0 bridgehead atoms. The fourth-order valence-electron chi connectivity index (χ4n) is 2.78. The molecule has 0 saturated heterocycles. The molecule has 0 aliphatic heterocycles. The smallest absolute Gasteiger partial charge is 0.231 e. The first-order valence-electron chi connectivity index (χ1n) is 6.64. The highest BCUT2D eigenvalue weighted by molar-refractivity contribution is 5.76. The quantitative estimate of drug-likeness (QED) is 0.698. The normalized spacial score (nSPS) is 14.7. The Morgan fingerprint density at radius 1 is 1.16 bits per heavy atom. The van der Waals surface area contributed by atoms with Crippen LogP contribution >= 0.6 is 0 Å². The predicted molar refractivity (Wildman–Crippen MR) is 74.3 cm³/mol. The topological polar surface area (TPSA) is 72.5 Å². The molecule has 2 aromatic heterocycles. The molecule has 0 amide bonds. The Balaban J connectivity index is 1.89. The van der Waals surface area contributed by atoms with Crippen molar-refractivity contribution in [3.8, 4) is 5.95 Å². The number of hydrogen-bond donors (Lipinski definition) is 2. The molecule has 1 aromatic carbocycles. The molecule has 0 spiro atoms. The van der Waals surface area contributed by atoms with Crippen molar-refractivity contribution in [3.05, 3.63) is 35.5 Å². The van der Waals surface area contributed by atoms with Gasteiger partial charge in [0.1, 0.15) is 5.82 Å². The van der Waals surface area contributed by atoms with E-state index in [2.05, 4.69) is 15.1 Å². The van der Waals surface area contributed by atoms with E-state index in [-0.39, 0.29) is 0 Å². The first-order valence-corrected chi connectivity index (χ1v) is 6.64. The molecule has 2 heterocycles. The van der Waals surface area contributed by atoms with Crippen LogP contribution in [-0.4, -0.2) is 19.7 Å². The van der Waals surface area contributed by atoms with Crippen LogP contribution in [0.5, 0.6) is 0 Å². The van der Waals surface area contributed by atoms with Crippen LogP contribution in [0.25, 0.3) is 17.0 Å². The van der Waals surface area contributed by atoms with Crippen molar-refractivity contribution in [1.29, 1.82) is 0 Å². The second-order valence-corrected chi connectivity index (χ2v) is 5.01. The standard InChI is InChI=1S/C14H15N5/c15-13-9-5-1-2-6-10(9)18-19(13)14-16-11-7-3-4-8-12(11)17-14/h3-4,7-8H,1-2,5-6,15H2,(H,16,17). The molecule has 3 aromatic rings. The Kier molecular flexibility index (Phi) is 2.15. The maximum absolute atomic E-state index is 6.22. The van der Waals surface area contributed by atoms with E-state index in [0.717, 1.165) is 35.4 Å². The minimum atomic E-state index is 0.702. The Morgan fingerprint density at radius 2 is 2.00 bits per heavy atom. The Morgan fingerprint density at radius 3 is 2.84 bits per heavy atom.